The number of para-hydroxylation sites is 1. The second-order valence-electron chi connectivity index (χ2n) is 10.7. The highest BCUT2D eigenvalue weighted by atomic mass is 16.4. The summed E-state index contributed by atoms with van der Waals surface area (Å²) in [6.07, 6.45) is 4.45. The van der Waals surface area contributed by atoms with Crippen LogP contribution in [0.2, 0.25) is 0 Å². The fraction of sp³-hybridized carbons (Fsp3) is 0.206. The molecule has 6 rings (SSSR count). The van der Waals surface area contributed by atoms with Crippen molar-refractivity contribution >= 4 is 22.7 Å². The molecular formula is C34H31N3O4. The molecule has 0 aliphatic carbocycles. The molecule has 1 saturated heterocycles. The summed E-state index contributed by atoms with van der Waals surface area (Å²) in [4.78, 5) is 34.1. The first-order chi connectivity index (χ1) is 20.0. The van der Waals surface area contributed by atoms with Crippen molar-refractivity contribution in [1.82, 2.24) is 15.3 Å². The van der Waals surface area contributed by atoms with E-state index in [9.17, 15) is 19.8 Å². The molecule has 0 saturated carbocycles. The number of ketones is 1. The number of nitrogens with one attached hydrogen (secondary N) is 2. The van der Waals surface area contributed by atoms with Gasteiger partial charge in [0.25, 0.3) is 0 Å². The van der Waals surface area contributed by atoms with E-state index in [0.717, 1.165) is 33.3 Å². The van der Waals surface area contributed by atoms with Crippen molar-refractivity contribution in [2.45, 2.75) is 25.2 Å². The van der Waals surface area contributed by atoms with E-state index < -0.39 is 17.3 Å². The highest BCUT2D eigenvalue weighted by molar-refractivity contribution is 6.06. The number of pyridine rings is 1. The molecule has 5 aromatic rings. The monoisotopic (exact) mass is 545 g/mol. The minimum absolute atomic E-state index is 0.149. The fourth-order valence-electron chi connectivity index (χ4n) is 5.97. The van der Waals surface area contributed by atoms with Gasteiger partial charge < -0.3 is 20.5 Å². The van der Waals surface area contributed by atoms with Gasteiger partial charge in [0, 0.05) is 28.6 Å². The molecule has 0 bridgehead atoms. The summed E-state index contributed by atoms with van der Waals surface area (Å²) in [7, 11) is 0. The number of aromatic hydroxyl groups is 1. The number of rotatable bonds is 8. The fourth-order valence-corrected chi connectivity index (χ4v) is 5.97. The van der Waals surface area contributed by atoms with Crippen molar-refractivity contribution in [1.29, 1.82) is 0 Å². The summed E-state index contributed by atoms with van der Waals surface area (Å²) in [5.41, 5.74) is 4.14. The summed E-state index contributed by atoms with van der Waals surface area (Å²) in [6, 6.07) is 26.8. The minimum Gasteiger partial charge on any atom is -0.507 e. The maximum Gasteiger partial charge on any atom is 0.317 e. The Labute approximate surface area is 237 Å². The number of Topliss-reactive ketones (excluding diaryl/α,β-unsaturated/α-hetero) is 1. The number of carbonyl (C=O) groups is 2. The number of hydrogen-bond donors (Lipinski definition) is 4. The van der Waals surface area contributed by atoms with Gasteiger partial charge in [0.2, 0.25) is 0 Å². The molecule has 0 spiro atoms. The van der Waals surface area contributed by atoms with Crippen LogP contribution in [0.3, 0.4) is 0 Å². The average molecular weight is 546 g/mol. The summed E-state index contributed by atoms with van der Waals surface area (Å²) in [6.45, 7) is 0.995. The van der Waals surface area contributed by atoms with E-state index in [4.69, 9.17) is 0 Å². The molecule has 4 N–H and O–H groups in total. The standard InChI is InChI=1S/C34H31N3O4/c38-31-26(7-4-8-27(31)29-20-25-13-16-36-21-30(25)37-29)23-9-11-24(12-10-23)28(19-22-5-2-1-3-6-22)32(39)34(33(40)41)14-17-35-18-15-34/h1-13,16,20-21,28,35,37-38H,14-15,17-19H2,(H,40,41). The average Bonchev–Trinajstić information content (AvgIpc) is 3.45. The summed E-state index contributed by atoms with van der Waals surface area (Å²) in [5, 5.41) is 25.7. The van der Waals surface area contributed by atoms with Gasteiger partial charge in [-0.1, -0.05) is 66.7 Å². The molecule has 1 aliphatic rings. The maximum atomic E-state index is 14.1. The number of benzene rings is 3. The summed E-state index contributed by atoms with van der Waals surface area (Å²) < 4.78 is 0. The van der Waals surface area contributed by atoms with Gasteiger partial charge in [0.1, 0.15) is 11.2 Å². The number of carbonyl (C=O) groups excluding carboxylic acids is 1. The van der Waals surface area contributed by atoms with Crippen LogP contribution in [0, 0.1) is 5.41 Å². The smallest absolute Gasteiger partial charge is 0.317 e. The molecule has 1 fully saturated rings. The van der Waals surface area contributed by atoms with Crippen LogP contribution in [0.1, 0.15) is 29.9 Å². The molecule has 3 heterocycles. The Morgan fingerprint density at radius 3 is 2.34 bits per heavy atom. The molecule has 7 nitrogen and oxygen atoms in total. The number of nitrogens with zero attached hydrogens (tertiary/aromatic N) is 1. The highest BCUT2D eigenvalue weighted by Gasteiger charge is 2.49. The molecule has 0 radical (unpaired) electrons. The van der Waals surface area contributed by atoms with Crippen molar-refractivity contribution in [2.24, 2.45) is 5.41 Å². The first kappa shape index (κ1) is 26.5. The minimum atomic E-state index is -1.41. The Morgan fingerprint density at radius 2 is 1.63 bits per heavy atom. The number of carboxylic acids is 1. The third kappa shape index (κ3) is 5.00. The maximum absolute atomic E-state index is 14.1. The molecule has 2 aromatic heterocycles. The number of aliphatic carboxylic acids is 1. The van der Waals surface area contributed by atoms with E-state index in [1.54, 1.807) is 12.4 Å². The van der Waals surface area contributed by atoms with Crippen LogP contribution in [-0.4, -0.2) is 45.0 Å². The number of carboxylic acid groups (broad SMARTS) is 1. The third-order valence-electron chi connectivity index (χ3n) is 8.31. The van der Waals surface area contributed by atoms with Crippen molar-refractivity contribution in [3.63, 3.8) is 0 Å². The molecular weight excluding hydrogens is 514 g/mol. The van der Waals surface area contributed by atoms with Gasteiger partial charge >= 0.3 is 5.97 Å². The zero-order valence-corrected chi connectivity index (χ0v) is 22.5. The largest absolute Gasteiger partial charge is 0.507 e. The molecule has 0 amide bonds. The van der Waals surface area contributed by atoms with Gasteiger partial charge in [0.15, 0.2) is 5.78 Å². The van der Waals surface area contributed by atoms with Gasteiger partial charge in [0.05, 0.1) is 17.4 Å². The summed E-state index contributed by atoms with van der Waals surface area (Å²) in [5.74, 6) is -1.76. The number of aromatic amines is 1. The van der Waals surface area contributed by atoms with Crippen molar-refractivity contribution in [3.8, 4) is 28.1 Å². The molecule has 206 valence electrons. The van der Waals surface area contributed by atoms with E-state index in [1.807, 2.05) is 84.9 Å². The molecule has 7 heteroatoms. The molecule has 1 atom stereocenters. The first-order valence-corrected chi connectivity index (χ1v) is 13.8. The van der Waals surface area contributed by atoms with Crippen LogP contribution in [0.25, 0.3) is 33.3 Å². The van der Waals surface area contributed by atoms with Gasteiger partial charge in [-0.3, -0.25) is 14.6 Å². The lowest BCUT2D eigenvalue weighted by Crippen LogP contribution is -2.49. The van der Waals surface area contributed by atoms with E-state index in [2.05, 4.69) is 15.3 Å². The normalized spacial score (nSPS) is 15.4. The Balaban J connectivity index is 1.35. The Kier molecular flexibility index (Phi) is 7.12. The number of phenolic OH excluding ortho intramolecular Hbond substituents is 1. The van der Waals surface area contributed by atoms with E-state index >= 15 is 0 Å². The predicted molar refractivity (Wildman–Crippen MR) is 159 cm³/mol. The Hall–Kier alpha value is -4.75. The number of H-pyrrole nitrogens is 1. The second kappa shape index (κ2) is 11.0. The van der Waals surface area contributed by atoms with Crippen LogP contribution in [0.15, 0.2) is 97.3 Å². The third-order valence-corrected chi connectivity index (χ3v) is 8.31. The lowest BCUT2D eigenvalue weighted by atomic mass is 9.68. The number of phenols is 1. The van der Waals surface area contributed by atoms with Crippen LogP contribution in [0.5, 0.6) is 5.75 Å². The van der Waals surface area contributed by atoms with Crippen LogP contribution >= 0.6 is 0 Å². The second-order valence-corrected chi connectivity index (χ2v) is 10.7. The number of fused-ring (bicyclic) bond motifs is 1. The number of hydrogen-bond acceptors (Lipinski definition) is 5. The molecule has 3 aromatic carbocycles. The highest BCUT2D eigenvalue weighted by Crippen LogP contribution is 2.41. The van der Waals surface area contributed by atoms with Crippen LogP contribution in [0.4, 0.5) is 0 Å². The van der Waals surface area contributed by atoms with Crippen LogP contribution < -0.4 is 5.32 Å². The van der Waals surface area contributed by atoms with E-state index in [1.165, 1.54) is 0 Å². The van der Waals surface area contributed by atoms with Gasteiger partial charge in [-0.2, -0.15) is 0 Å². The lowest BCUT2D eigenvalue weighted by Gasteiger charge is -2.35. The van der Waals surface area contributed by atoms with Crippen LogP contribution in [-0.2, 0) is 16.0 Å². The quantitative estimate of drug-likeness (QED) is 0.179. The summed E-state index contributed by atoms with van der Waals surface area (Å²) >= 11 is 0. The zero-order valence-electron chi connectivity index (χ0n) is 22.5. The van der Waals surface area contributed by atoms with Crippen molar-refractivity contribution in [3.05, 3.63) is 108 Å². The molecule has 41 heavy (non-hydrogen) atoms. The van der Waals surface area contributed by atoms with Gasteiger partial charge in [-0.25, -0.2) is 0 Å². The van der Waals surface area contributed by atoms with Crippen molar-refractivity contribution in [2.75, 3.05) is 13.1 Å². The Morgan fingerprint density at radius 1 is 0.902 bits per heavy atom. The van der Waals surface area contributed by atoms with E-state index in [-0.39, 0.29) is 24.4 Å². The molecule has 1 aliphatic heterocycles. The predicted octanol–water partition coefficient (Wildman–Crippen LogP) is 5.95. The first-order valence-electron chi connectivity index (χ1n) is 13.8. The number of piperidine rings is 1. The topological polar surface area (TPSA) is 115 Å². The molecule has 1 unspecified atom stereocenters. The van der Waals surface area contributed by atoms with Gasteiger partial charge in [-0.05, 0) is 67.2 Å². The van der Waals surface area contributed by atoms with Gasteiger partial charge in [-0.15, -0.1) is 0 Å². The zero-order chi connectivity index (χ0) is 28.4. The number of aromatic nitrogens is 2. The van der Waals surface area contributed by atoms with Crippen molar-refractivity contribution < 1.29 is 19.8 Å². The lowest BCUT2D eigenvalue weighted by molar-refractivity contribution is -0.157. The van der Waals surface area contributed by atoms with E-state index in [0.29, 0.717) is 30.6 Å². The SMILES string of the molecule is O=C(O)C1(C(=O)C(Cc2ccccc2)c2ccc(-c3cccc(-c4cc5ccncc5[nH]4)c3O)cc2)CCNCC1. The Bertz CT molecular complexity index is 1670.